The monoisotopic (exact) mass is 350 g/mol. The SMILES string of the molecule is Cc1ccccc1C(CC(=NO)C1CCC(=O)N(C)C1)c1ccccc1. The molecule has 0 saturated carbocycles. The lowest BCUT2D eigenvalue weighted by molar-refractivity contribution is -0.132. The van der Waals surface area contributed by atoms with Crippen LogP contribution in [-0.4, -0.2) is 35.3 Å². The first-order valence-corrected chi connectivity index (χ1v) is 9.15. The number of oxime groups is 1. The van der Waals surface area contributed by atoms with Gasteiger partial charge in [-0.3, -0.25) is 4.79 Å². The molecule has 0 aliphatic carbocycles. The average molecular weight is 350 g/mol. The van der Waals surface area contributed by atoms with Crippen molar-refractivity contribution in [1.29, 1.82) is 0 Å². The number of amides is 1. The van der Waals surface area contributed by atoms with Crippen molar-refractivity contribution in [1.82, 2.24) is 4.90 Å². The lowest BCUT2D eigenvalue weighted by Crippen LogP contribution is -2.40. The Hall–Kier alpha value is -2.62. The van der Waals surface area contributed by atoms with E-state index in [1.165, 1.54) is 16.7 Å². The topological polar surface area (TPSA) is 52.9 Å². The van der Waals surface area contributed by atoms with E-state index in [2.05, 4.69) is 42.4 Å². The highest BCUT2D eigenvalue weighted by molar-refractivity contribution is 5.90. The Morgan fingerprint density at radius 1 is 1.19 bits per heavy atom. The highest BCUT2D eigenvalue weighted by atomic mass is 16.4. The number of rotatable bonds is 5. The number of nitrogens with zero attached hydrogens (tertiary/aromatic N) is 2. The van der Waals surface area contributed by atoms with Crippen LogP contribution in [0.3, 0.4) is 0 Å². The quantitative estimate of drug-likeness (QED) is 0.499. The summed E-state index contributed by atoms with van der Waals surface area (Å²) in [6.07, 6.45) is 1.91. The minimum Gasteiger partial charge on any atom is -0.411 e. The van der Waals surface area contributed by atoms with Gasteiger partial charge in [-0.1, -0.05) is 59.8 Å². The van der Waals surface area contributed by atoms with Crippen molar-refractivity contribution in [3.8, 4) is 0 Å². The van der Waals surface area contributed by atoms with Gasteiger partial charge in [-0.15, -0.1) is 0 Å². The van der Waals surface area contributed by atoms with Gasteiger partial charge in [0.2, 0.25) is 5.91 Å². The molecule has 1 saturated heterocycles. The van der Waals surface area contributed by atoms with Crippen LogP contribution in [0.2, 0.25) is 0 Å². The Morgan fingerprint density at radius 3 is 2.54 bits per heavy atom. The van der Waals surface area contributed by atoms with Crippen molar-refractivity contribution >= 4 is 11.6 Å². The van der Waals surface area contributed by atoms with Gasteiger partial charge in [-0.25, -0.2) is 0 Å². The van der Waals surface area contributed by atoms with Gasteiger partial charge >= 0.3 is 0 Å². The molecule has 3 rings (SSSR count). The maximum absolute atomic E-state index is 11.8. The average Bonchev–Trinajstić information content (AvgIpc) is 2.67. The predicted molar refractivity (Wildman–Crippen MR) is 104 cm³/mol. The Morgan fingerprint density at radius 2 is 1.88 bits per heavy atom. The van der Waals surface area contributed by atoms with Crippen LogP contribution in [0.4, 0.5) is 0 Å². The molecule has 4 heteroatoms. The van der Waals surface area contributed by atoms with E-state index in [4.69, 9.17) is 0 Å². The summed E-state index contributed by atoms with van der Waals surface area (Å²) in [6, 6.07) is 18.7. The molecule has 136 valence electrons. The summed E-state index contributed by atoms with van der Waals surface area (Å²) in [5.74, 6) is 0.404. The standard InChI is InChI=1S/C22H26N2O2/c1-16-8-6-7-11-19(16)20(17-9-4-3-5-10-17)14-21(23-26)18-12-13-22(25)24(2)15-18/h3-11,18,20,26H,12-15H2,1-2H3. The predicted octanol–water partition coefficient (Wildman–Crippen LogP) is 4.22. The third-order valence-corrected chi connectivity index (χ3v) is 5.41. The van der Waals surface area contributed by atoms with Gasteiger partial charge in [0.15, 0.2) is 0 Å². The second-order valence-electron chi connectivity index (χ2n) is 7.13. The van der Waals surface area contributed by atoms with Gasteiger partial charge in [0, 0.05) is 38.3 Å². The maximum Gasteiger partial charge on any atom is 0.222 e. The third kappa shape index (κ3) is 3.96. The van der Waals surface area contributed by atoms with Crippen molar-refractivity contribution in [3.63, 3.8) is 0 Å². The van der Waals surface area contributed by atoms with Crippen LogP contribution in [0.5, 0.6) is 0 Å². The van der Waals surface area contributed by atoms with E-state index in [-0.39, 0.29) is 17.7 Å². The molecule has 2 aromatic rings. The van der Waals surface area contributed by atoms with Crippen LogP contribution in [0.1, 0.15) is 41.9 Å². The van der Waals surface area contributed by atoms with E-state index in [0.29, 0.717) is 19.4 Å². The summed E-state index contributed by atoms with van der Waals surface area (Å²) in [6.45, 7) is 2.74. The zero-order valence-corrected chi connectivity index (χ0v) is 15.4. The maximum atomic E-state index is 11.8. The molecule has 26 heavy (non-hydrogen) atoms. The van der Waals surface area contributed by atoms with E-state index in [9.17, 15) is 10.0 Å². The molecule has 0 spiro atoms. The zero-order chi connectivity index (χ0) is 18.5. The molecule has 1 fully saturated rings. The number of hydrogen-bond donors (Lipinski definition) is 1. The largest absolute Gasteiger partial charge is 0.411 e. The molecule has 0 bridgehead atoms. The Kier molecular flexibility index (Phi) is 5.71. The number of likely N-dealkylation sites (tertiary alicyclic amines) is 1. The first kappa shape index (κ1) is 18.2. The highest BCUT2D eigenvalue weighted by Crippen LogP contribution is 2.33. The lowest BCUT2D eigenvalue weighted by Gasteiger charge is -2.31. The first-order chi connectivity index (χ1) is 12.6. The first-order valence-electron chi connectivity index (χ1n) is 9.15. The van der Waals surface area contributed by atoms with Gasteiger partial charge in [0.1, 0.15) is 0 Å². The summed E-state index contributed by atoms with van der Waals surface area (Å²) in [4.78, 5) is 13.5. The van der Waals surface area contributed by atoms with Crippen LogP contribution >= 0.6 is 0 Å². The number of carbonyl (C=O) groups excluding carboxylic acids is 1. The summed E-state index contributed by atoms with van der Waals surface area (Å²) in [5, 5.41) is 13.4. The molecule has 2 atom stereocenters. The van der Waals surface area contributed by atoms with Gasteiger partial charge in [0.25, 0.3) is 0 Å². The van der Waals surface area contributed by atoms with Crippen molar-refractivity contribution in [2.24, 2.45) is 11.1 Å². The summed E-state index contributed by atoms with van der Waals surface area (Å²) in [5.41, 5.74) is 4.47. The minimum atomic E-state index is 0.109. The minimum absolute atomic E-state index is 0.109. The highest BCUT2D eigenvalue weighted by Gasteiger charge is 2.29. The van der Waals surface area contributed by atoms with Crippen LogP contribution < -0.4 is 0 Å². The van der Waals surface area contributed by atoms with E-state index < -0.39 is 0 Å². The molecule has 0 aromatic heterocycles. The number of aryl methyl sites for hydroxylation is 1. The molecule has 1 aliphatic heterocycles. The van der Waals surface area contributed by atoms with Crippen molar-refractivity contribution < 1.29 is 10.0 Å². The molecule has 2 aromatic carbocycles. The number of piperidine rings is 1. The van der Waals surface area contributed by atoms with Gasteiger partial charge in [0.05, 0.1) is 5.71 Å². The van der Waals surface area contributed by atoms with Crippen LogP contribution in [0, 0.1) is 12.8 Å². The smallest absolute Gasteiger partial charge is 0.222 e. The second kappa shape index (κ2) is 8.17. The van der Waals surface area contributed by atoms with E-state index >= 15 is 0 Å². The second-order valence-corrected chi connectivity index (χ2v) is 7.13. The molecule has 1 amide bonds. The van der Waals surface area contributed by atoms with E-state index in [0.717, 1.165) is 12.1 Å². The van der Waals surface area contributed by atoms with Gasteiger partial charge in [-0.2, -0.15) is 0 Å². The fourth-order valence-corrected chi connectivity index (χ4v) is 3.85. The lowest BCUT2D eigenvalue weighted by atomic mass is 9.80. The Balaban J connectivity index is 1.90. The normalized spacial score (nSPS) is 19.5. The van der Waals surface area contributed by atoms with Gasteiger partial charge < -0.3 is 10.1 Å². The Labute approximate surface area is 155 Å². The molecular weight excluding hydrogens is 324 g/mol. The summed E-state index contributed by atoms with van der Waals surface area (Å²) >= 11 is 0. The molecule has 2 unspecified atom stereocenters. The number of carbonyl (C=O) groups is 1. The summed E-state index contributed by atoms with van der Waals surface area (Å²) < 4.78 is 0. The zero-order valence-electron chi connectivity index (χ0n) is 15.4. The fourth-order valence-electron chi connectivity index (χ4n) is 3.85. The third-order valence-electron chi connectivity index (χ3n) is 5.41. The Bertz CT molecular complexity index is 786. The van der Waals surface area contributed by atoms with Gasteiger partial charge in [-0.05, 0) is 30.0 Å². The molecule has 4 nitrogen and oxygen atoms in total. The fraction of sp³-hybridized carbons (Fsp3) is 0.364. The van der Waals surface area contributed by atoms with E-state index in [1.54, 1.807) is 4.90 Å². The molecule has 1 heterocycles. The van der Waals surface area contributed by atoms with Crippen molar-refractivity contribution in [2.45, 2.75) is 32.1 Å². The molecule has 0 radical (unpaired) electrons. The van der Waals surface area contributed by atoms with Crippen molar-refractivity contribution in [2.75, 3.05) is 13.6 Å². The molecule has 1 aliphatic rings. The van der Waals surface area contributed by atoms with Crippen LogP contribution in [-0.2, 0) is 4.79 Å². The molecule has 1 N–H and O–H groups in total. The van der Waals surface area contributed by atoms with Crippen LogP contribution in [0.25, 0.3) is 0 Å². The van der Waals surface area contributed by atoms with Crippen LogP contribution in [0.15, 0.2) is 59.8 Å². The number of hydrogen-bond acceptors (Lipinski definition) is 3. The molecular formula is C22H26N2O2. The number of benzene rings is 2. The van der Waals surface area contributed by atoms with Crippen molar-refractivity contribution in [3.05, 3.63) is 71.3 Å². The van der Waals surface area contributed by atoms with E-state index in [1.807, 2.05) is 31.3 Å². The summed E-state index contributed by atoms with van der Waals surface area (Å²) in [7, 11) is 1.82.